The molecular formula is C28H27N7O. The summed E-state index contributed by atoms with van der Waals surface area (Å²) in [5.41, 5.74) is 9.61. The van der Waals surface area contributed by atoms with Gasteiger partial charge in [0.15, 0.2) is 0 Å². The minimum Gasteiger partial charge on any atom is -0.382 e. The van der Waals surface area contributed by atoms with Crippen LogP contribution in [0.3, 0.4) is 0 Å². The number of pyridine rings is 1. The molecule has 0 unspecified atom stereocenters. The maximum atomic E-state index is 12.7. The summed E-state index contributed by atoms with van der Waals surface area (Å²) in [7, 11) is 0. The number of imidazole rings is 1. The largest absolute Gasteiger partial charge is 0.382 e. The Morgan fingerprint density at radius 1 is 1.14 bits per heavy atom. The fraction of sp³-hybridized carbons (Fsp3) is 0.286. The second kappa shape index (κ2) is 8.77. The summed E-state index contributed by atoms with van der Waals surface area (Å²) in [6, 6.07) is 13.0. The number of anilines is 2. The number of benzene rings is 1. The molecule has 2 fully saturated rings. The number of nitrogens with two attached hydrogens (primary N) is 1. The van der Waals surface area contributed by atoms with Crippen LogP contribution in [0.5, 0.6) is 0 Å². The summed E-state index contributed by atoms with van der Waals surface area (Å²) in [5.74, 6) is 8.02. The highest BCUT2D eigenvalue weighted by molar-refractivity contribution is 6.04. The van der Waals surface area contributed by atoms with E-state index in [4.69, 9.17) is 10.7 Å². The van der Waals surface area contributed by atoms with Crippen molar-refractivity contribution < 1.29 is 4.79 Å². The van der Waals surface area contributed by atoms with E-state index in [1.165, 1.54) is 12.8 Å². The van der Waals surface area contributed by atoms with Crippen LogP contribution in [0.15, 0.2) is 61.1 Å². The number of nitrogen functional groups attached to an aromatic ring is 1. The minimum absolute atomic E-state index is 0.167. The molecular weight excluding hydrogens is 450 g/mol. The first-order valence-corrected chi connectivity index (χ1v) is 12.2. The quantitative estimate of drug-likeness (QED) is 0.415. The van der Waals surface area contributed by atoms with Gasteiger partial charge in [-0.25, -0.2) is 15.0 Å². The third-order valence-corrected chi connectivity index (χ3v) is 7.36. The lowest BCUT2D eigenvalue weighted by Crippen LogP contribution is -2.34. The molecule has 180 valence electrons. The van der Waals surface area contributed by atoms with E-state index in [0.717, 1.165) is 42.0 Å². The molecule has 8 nitrogen and oxygen atoms in total. The Kier molecular flexibility index (Phi) is 5.42. The molecule has 0 bridgehead atoms. The number of aromatic nitrogens is 4. The molecule has 1 aromatic carbocycles. The molecule has 1 saturated heterocycles. The van der Waals surface area contributed by atoms with E-state index in [9.17, 15) is 4.79 Å². The third-order valence-electron chi connectivity index (χ3n) is 7.36. The van der Waals surface area contributed by atoms with Gasteiger partial charge in [-0.3, -0.25) is 14.1 Å². The van der Waals surface area contributed by atoms with E-state index in [2.05, 4.69) is 36.4 Å². The molecule has 1 saturated carbocycles. The molecule has 1 atom stereocenters. The first-order chi connectivity index (χ1) is 17.6. The first kappa shape index (κ1) is 22.3. The van der Waals surface area contributed by atoms with Gasteiger partial charge in [-0.05, 0) is 56.9 Å². The molecule has 1 aliphatic heterocycles. The van der Waals surface area contributed by atoms with Crippen molar-refractivity contribution in [1.29, 1.82) is 0 Å². The van der Waals surface area contributed by atoms with Gasteiger partial charge in [0.1, 0.15) is 28.7 Å². The molecule has 3 aromatic heterocycles. The lowest BCUT2D eigenvalue weighted by molar-refractivity contribution is 0.102. The fourth-order valence-corrected chi connectivity index (χ4v) is 5.36. The monoisotopic (exact) mass is 477 g/mol. The van der Waals surface area contributed by atoms with Crippen LogP contribution in [0.2, 0.25) is 0 Å². The molecule has 1 aliphatic carbocycles. The van der Waals surface area contributed by atoms with E-state index in [-0.39, 0.29) is 17.5 Å². The molecule has 36 heavy (non-hydrogen) atoms. The minimum atomic E-state index is -0.217. The van der Waals surface area contributed by atoms with Crippen LogP contribution in [0.4, 0.5) is 11.6 Å². The number of rotatable bonds is 5. The summed E-state index contributed by atoms with van der Waals surface area (Å²) in [5, 5.41) is 2.82. The predicted molar refractivity (Wildman–Crippen MR) is 139 cm³/mol. The normalized spacial score (nSPS) is 18.2. The molecule has 1 amide bonds. The van der Waals surface area contributed by atoms with Crippen molar-refractivity contribution >= 4 is 23.1 Å². The van der Waals surface area contributed by atoms with Crippen molar-refractivity contribution in [3.8, 4) is 23.1 Å². The number of carbonyl (C=O) groups is 1. The number of hydrogen-bond donors (Lipinski definition) is 2. The van der Waals surface area contributed by atoms with E-state index >= 15 is 0 Å². The average Bonchev–Trinajstić information content (AvgIpc) is 3.45. The topological polar surface area (TPSA) is 101 Å². The molecule has 8 heteroatoms. The molecule has 2 aliphatic rings. The summed E-state index contributed by atoms with van der Waals surface area (Å²) in [4.78, 5) is 28.8. The zero-order valence-corrected chi connectivity index (χ0v) is 20.1. The van der Waals surface area contributed by atoms with Crippen LogP contribution in [-0.4, -0.2) is 42.2 Å². The molecule has 4 heterocycles. The predicted octanol–water partition coefficient (Wildman–Crippen LogP) is 4.32. The molecule has 1 spiro atoms. The molecule has 3 N–H and O–H groups in total. The third kappa shape index (κ3) is 3.78. The Balaban J connectivity index is 1.36. The number of likely N-dealkylation sites (tertiary alicyclic amines) is 1. The van der Waals surface area contributed by atoms with Gasteiger partial charge in [-0.2, -0.15) is 0 Å². The van der Waals surface area contributed by atoms with Crippen molar-refractivity contribution in [2.24, 2.45) is 0 Å². The number of nitrogens with one attached hydrogen (secondary N) is 1. The van der Waals surface area contributed by atoms with E-state index in [1.54, 1.807) is 36.7 Å². The number of amides is 1. The van der Waals surface area contributed by atoms with Crippen molar-refractivity contribution in [2.45, 2.75) is 44.2 Å². The Morgan fingerprint density at radius 3 is 2.69 bits per heavy atom. The Bertz CT molecular complexity index is 1490. The van der Waals surface area contributed by atoms with Crippen LogP contribution in [0.1, 0.15) is 54.8 Å². The van der Waals surface area contributed by atoms with Crippen LogP contribution >= 0.6 is 0 Å². The summed E-state index contributed by atoms with van der Waals surface area (Å²) < 4.78 is 2.08. The van der Waals surface area contributed by atoms with Gasteiger partial charge in [0.2, 0.25) is 0 Å². The zero-order chi connectivity index (χ0) is 24.7. The number of carbonyl (C=O) groups excluding carboxylic acids is 1. The SMILES string of the molecule is CC#CCN1[C@H](c2nc(-c3ccc(C(=O)Nc4ccccn4)cc3)c3c(N)nccn23)CCC12CC2. The number of hydrogen-bond acceptors (Lipinski definition) is 6. The van der Waals surface area contributed by atoms with E-state index < -0.39 is 0 Å². The lowest BCUT2D eigenvalue weighted by Gasteiger charge is -2.27. The first-order valence-electron chi connectivity index (χ1n) is 12.2. The maximum absolute atomic E-state index is 12.7. The Hall–Kier alpha value is -4.22. The van der Waals surface area contributed by atoms with Crippen molar-refractivity contribution in [3.05, 3.63) is 72.4 Å². The van der Waals surface area contributed by atoms with Crippen molar-refractivity contribution in [2.75, 3.05) is 17.6 Å². The zero-order valence-electron chi connectivity index (χ0n) is 20.1. The fourth-order valence-electron chi connectivity index (χ4n) is 5.36. The van der Waals surface area contributed by atoms with Gasteiger partial charge in [-0.15, -0.1) is 5.92 Å². The molecule has 4 aromatic rings. The maximum Gasteiger partial charge on any atom is 0.256 e. The van der Waals surface area contributed by atoms with Gasteiger partial charge in [0.25, 0.3) is 5.91 Å². The van der Waals surface area contributed by atoms with Gasteiger partial charge < -0.3 is 11.1 Å². The van der Waals surface area contributed by atoms with Gasteiger partial charge >= 0.3 is 0 Å². The Morgan fingerprint density at radius 2 is 1.97 bits per heavy atom. The summed E-state index contributed by atoms with van der Waals surface area (Å²) >= 11 is 0. The molecule has 6 rings (SSSR count). The highest BCUT2D eigenvalue weighted by Gasteiger charge is 2.55. The number of fused-ring (bicyclic) bond motifs is 1. The molecule has 0 radical (unpaired) electrons. The van der Waals surface area contributed by atoms with E-state index in [1.807, 2.05) is 31.3 Å². The van der Waals surface area contributed by atoms with Crippen LogP contribution in [0.25, 0.3) is 16.8 Å². The van der Waals surface area contributed by atoms with Crippen molar-refractivity contribution in [1.82, 2.24) is 24.3 Å². The smallest absolute Gasteiger partial charge is 0.256 e. The second-order valence-corrected chi connectivity index (χ2v) is 9.43. The average molecular weight is 478 g/mol. The summed E-state index contributed by atoms with van der Waals surface area (Å²) in [6.45, 7) is 2.63. The highest BCUT2D eigenvalue weighted by atomic mass is 16.1. The Labute approximate surface area is 209 Å². The van der Waals surface area contributed by atoms with Gasteiger partial charge in [0, 0.05) is 35.3 Å². The van der Waals surface area contributed by atoms with Crippen LogP contribution < -0.4 is 11.1 Å². The lowest BCUT2D eigenvalue weighted by atomic mass is 10.1. The number of nitrogens with zero attached hydrogens (tertiary/aromatic N) is 5. The van der Waals surface area contributed by atoms with Crippen molar-refractivity contribution in [3.63, 3.8) is 0 Å². The van der Waals surface area contributed by atoms with E-state index in [0.29, 0.717) is 17.2 Å². The second-order valence-electron chi connectivity index (χ2n) is 9.43. The van der Waals surface area contributed by atoms with Gasteiger partial charge in [-0.1, -0.05) is 24.1 Å². The van der Waals surface area contributed by atoms with Gasteiger partial charge in [0.05, 0.1) is 12.6 Å². The summed E-state index contributed by atoms with van der Waals surface area (Å²) in [6.07, 6.45) is 9.94. The van der Waals surface area contributed by atoms with Crippen LogP contribution in [0, 0.1) is 11.8 Å². The highest BCUT2D eigenvalue weighted by Crippen LogP contribution is 2.56. The standard InChI is InChI=1S/C28H27N7O/c1-2-3-17-35-21(11-12-28(35)13-14-28)26-33-23(24-25(29)31-16-18-34(24)26)19-7-9-20(10-8-19)27(36)32-22-6-4-5-15-30-22/h4-10,15-16,18,21H,11-14,17H2,1H3,(H2,29,31)(H,30,32,36)/t21-/m0/s1. The van der Waals surface area contributed by atoms with Crippen LogP contribution in [-0.2, 0) is 0 Å².